The van der Waals surface area contributed by atoms with Gasteiger partial charge in [0, 0.05) is 0 Å². The summed E-state index contributed by atoms with van der Waals surface area (Å²) in [6.07, 6.45) is 17.8. The molecule has 4 aliphatic rings. The van der Waals surface area contributed by atoms with E-state index in [-0.39, 0.29) is 11.5 Å². The second kappa shape index (κ2) is 7.48. The van der Waals surface area contributed by atoms with E-state index in [1.807, 2.05) is 0 Å². The van der Waals surface area contributed by atoms with Crippen LogP contribution >= 0.6 is 0 Å². The minimum absolute atomic E-state index is 0.0509. The van der Waals surface area contributed by atoms with Crippen LogP contribution in [0.5, 0.6) is 0 Å². The average Bonchev–Trinajstić information content (AvgIpc) is 2.66. The molecule has 3 saturated carbocycles. The first-order chi connectivity index (χ1) is 14.3. The molecule has 4 rings (SSSR count). The van der Waals surface area contributed by atoms with Gasteiger partial charge >= 0.3 is 0 Å². The summed E-state index contributed by atoms with van der Waals surface area (Å²) in [4.78, 5) is 0. The van der Waals surface area contributed by atoms with Gasteiger partial charge in [0.15, 0.2) is 0 Å². The van der Waals surface area contributed by atoms with E-state index >= 15 is 0 Å². The summed E-state index contributed by atoms with van der Waals surface area (Å²) in [5.74, 6) is 1.41. The zero-order valence-electron chi connectivity index (χ0n) is 21.9. The zero-order valence-corrected chi connectivity index (χ0v) is 21.9. The quantitative estimate of drug-likeness (QED) is 0.449. The summed E-state index contributed by atoms with van der Waals surface area (Å²) < 4.78 is 0. The Hall–Kier alpha value is -0.560. The van der Waals surface area contributed by atoms with Crippen LogP contribution in [-0.2, 0) is 0 Å². The van der Waals surface area contributed by atoms with Crippen molar-refractivity contribution in [2.45, 2.75) is 126 Å². The number of aliphatic hydroxyl groups excluding tert-OH is 1. The van der Waals surface area contributed by atoms with Gasteiger partial charge in [-0.2, -0.15) is 0 Å². The number of allylic oxidation sites excluding steroid dienone is 4. The summed E-state index contributed by atoms with van der Waals surface area (Å²) in [6.45, 7) is 19.7. The van der Waals surface area contributed by atoms with E-state index < -0.39 is 0 Å². The van der Waals surface area contributed by atoms with Crippen molar-refractivity contribution in [2.24, 2.45) is 38.9 Å². The Morgan fingerprint density at radius 1 is 0.968 bits per heavy atom. The highest BCUT2D eigenvalue weighted by atomic mass is 16.3. The van der Waals surface area contributed by atoms with Crippen molar-refractivity contribution >= 4 is 0 Å². The Bertz CT molecular complexity index is 769. The molecule has 0 saturated heterocycles. The zero-order chi connectivity index (χ0) is 22.9. The van der Waals surface area contributed by atoms with Gasteiger partial charge in [-0.3, -0.25) is 0 Å². The fourth-order valence-corrected chi connectivity index (χ4v) is 9.32. The van der Waals surface area contributed by atoms with Crippen molar-refractivity contribution in [3.63, 3.8) is 0 Å². The Kier molecular flexibility index (Phi) is 5.69. The lowest BCUT2D eigenvalue weighted by Crippen LogP contribution is -2.63. The van der Waals surface area contributed by atoms with Crippen LogP contribution in [0.25, 0.3) is 0 Å². The number of fused-ring (bicyclic) bond motifs is 5. The molecule has 31 heavy (non-hydrogen) atoms. The van der Waals surface area contributed by atoms with Gasteiger partial charge in [-0.05, 0) is 117 Å². The van der Waals surface area contributed by atoms with Crippen LogP contribution < -0.4 is 0 Å². The predicted molar refractivity (Wildman–Crippen MR) is 133 cm³/mol. The lowest BCUT2D eigenvalue weighted by molar-refractivity contribution is -0.198. The van der Waals surface area contributed by atoms with Gasteiger partial charge in [0.2, 0.25) is 0 Å². The van der Waals surface area contributed by atoms with Crippen LogP contribution in [-0.4, -0.2) is 11.2 Å². The van der Waals surface area contributed by atoms with Crippen LogP contribution in [0.4, 0.5) is 0 Å². The normalized spacial score (nSPS) is 48.7. The second-order valence-corrected chi connectivity index (χ2v) is 14.0. The summed E-state index contributed by atoms with van der Waals surface area (Å²) >= 11 is 0. The minimum atomic E-state index is -0.128. The van der Waals surface area contributed by atoms with E-state index in [9.17, 15) is 5.11 Å². The largest absolute Gasteiger partial charge is 0.393 e. The fourth-order valence-electron chi connectivity index (χ4n) is 9.32. The Morgan fingerprint density at radius 2 is 1.68 bits per heavy atom. The monoisotopic (exact) mass is 426 g/mol. The highest BCUT2D eigenvalue weighted by molar-refractivity contribution is 5.30. The molecule has 0 heterocycles. The van der Waals surface area contributed by atoms with Gasteiger partial charge < -0.3 is 5.11 Å². The molecule has 0 aromatic rings. The highest BCUT2D eigenvalue weighted by Gasteiger charge is 2.66. The fraction of sp³-hybridized carbons (Fsp3) is 0.867. The molecule has 4 aliphatic carbocycles. The van der Waals surface area contributed by atoms with Crippen LogP contribution in [0.3, 0.4) is 0 Å². The van der Waals surface area contributed by atoms with Crippen LogP contribution in [0.15, 0.2) is 23.3 Å². The van der Waals surface area contributed by atoms with Gasteiger partial charge in [0.1, 0.15) is 0 Å². The highest BCUT2D eigenvalue weighted by Crippen LogP contribution is 2.73. The lowest BCUT2D eigenvalue weighted by atomic mass is 9.35. The summed E-state index contributed by atoms with van der Waals surface area (Å²) in [6, 6.07) is 0. The van der Waals surface area contributed by atoms with Crippen LogP contribution in [0, 0.1) is 38.9 Å². The molecular formula is C30H50O. The molecule has 7 atom stereocenters. The van der Waals surface area contributed by atoms with E-state index in [1.165, 1.54) is 63.4 Å². The first kappa shape index (κ1) is 23.6. The average molecular weight is 427 g/mol. The summed E-state index contributed by atoms with van der Waals surface area (Å²) in [5.41, 5.74) is 4.91. The molecule has 0 spiro atoms. The van der Waals surface area contributed by atoms with Crippen molar-refractivity contribution in [1.29, 1.82) is 0 Å². The predicted octanol–water partition coefficient (Wildman–Crippen LogP) is 8.48. The van der Waals surface area contributed by atoms with Gasteiger partial charge in [0.05, 0.1) is 6.10 Å². The van der Waals surface area contributed by atoms with Crippen molar-refractivity contribution in [3.8, 4) is 0 Å². The second-order valence-electron chi connectivity index (χ2n) is 14.0. The maximum atomic E-state index is 10.8. The SMILES string of the molecule is CC(C)=CCC[C@]1(C)CC[C@]2(C)C(=CC[C@@H]3[C@@]4(C)CC[C@H](O)C(C)(C)[C@@H]4CC[C@]32C)C1. The van der Waals surface area contributed by atoms with E-state index in [1.54, 1.807) is 5.57 Å². The molecule has 0 radical (unpaired) electrons. The smallest absolute Gasteiger partial charge is 0.0594 e. The topological polar surface area (TPSA) is 20.2 Å². The molecule has 3 fully saturated rings. The molecule has 0 aromatic heterocycles. The van der Waals surface area contributed by atoms with Crippen molar-refractivity contribution < 1.29 is 5.11 Å². The summed E-state index contributed by atoms with van der Waals surface area (Å²) in [5, 5.41) is 10.8. The maximum absolute atomic E-state index is 10.8. The maximum Gasteiger partial charge on any atom is 0.0594 e. The third kappa shape index (κ3) is 3.43. The first-order valence-electron chi connectivity index (χ1n) is 13.3. The Morgan fingerprint density at radius 3 is 2.35 bits per heavy atom. The minimum Gasteiger partial charge on any atom is -0.393 e. The van der Waals surface area contributed by atoms with Gasteiger partial charge in [-0.15, -0.1) is 0 Å². The third-order valence-electron chi connectivity index (χ3n) is 11.7. The summed E-state index contributed by atoms with van der Waals surface area (Å²) in [7, 11) is 0. The molecule has 1 nitrogen and oxygen atoms in total. The van der Waals surface area contributed by atoms with Gasteiger partial charge in [0.25, 0.3) is 0 Å². The molecule has 1 heteroatoms. The van der Waals surface area contributed by atoms with E-state index in [4.69, 9.17) is 0 Å². The van der Waals surface area contributed by atoms with Crippen LogP contribution in [0.1, 0.15) is 120 Å². The van der Waals surface area contributed by atoms with Crippen molar-refractivity contribution in [2.75, 3.05) is 0 Å². The lowest BCUT2D eigenvalue weighted by Gasteiger charge is -2.70. The molecule has 0 aliphatic heterocycles. The number of hydrogen-bond donors (Lipinski definition) is 1. The molecule has 0 aromatic carbocycles. The molecule has 0 bridgehead atoms. The number of aliphatic hydroxyl groups is 1. The van der Waals surface area contributed by atoms with E-state index in [0.717, 1.165) is 12.3 Å². The van der Waals surface area contributed by atoms with E-state index in [0.29, 0.717) is 27.6 Å². The molecule has 0 amide bonds. The van der Waals surface area contributed by atoms with Crippen molar-refractivity contribution in [1.82, 2.24) is 0 Å². The Balaban J connectivity index is 1.63. The van der Waals surface area contributed by atoms with Crippen LogP contribution in [0.2, 0.25) is 0 Å². The number of hydrogen-bond acceptors (Lipinski definition) is 1. The molecular weight excluding hydrogens is 376 g/mol. The number of rotatable bonds is 3. The standard InChI is InChI=1S/C30H50O/c1-21(2)10-9-15-27(5)18-19-29(7)22(20-27)11-12-24-28(6)16-14-25(31)26(3,4)23(28)13-17-30(24,29)8/h10-11,23-25,31H,9,12-20H2,1-8H3/t23-,24+,25-,27+,28-,29+,30+/m0/s1. The van der Waals surface area contributed by atoms with Gasteiger partial charge in [-0.25, -0.2) is 0 Å². The van der Waals surface area contributed by atoms with Gasteiger partial charge in [-0.1, -0.05) is 64.8 Å². The molecule has 176 valence electrons. The van der Waals surface area contributed by atoms with E-state index in [2.05, 4.69) is 67.5 Å². The Labute approximate surface area is 193 Å². The first-order valence-corrected chi connectivity index (χ1v) is 13.3. The van der Waals surface area contributed by atoms with Crippen molar-refractivity contribution in [3.05, 3.63) is 23.3 Å². The molecule has 0 unspecified atom stereocenters. The third-order valence-corrected chi connectivity index (χ3v) is 11.7. The molecule has 1 N–H and O–H groups in total.